The molecule has 3 nitrogen and oxygen atoms in total. The van der Waals surface area contributed by atoms with E-state index in [1.54, 1.807) is 18.2 Å². The maximum atomic E-state index is 11.0. The largest absolute Gasteiger partial charge is 0.478 e. The van der Waals surface area contributed by atoms with Gasteiger partial charge in [0.05, 0.1) is 5.57 Å². The van der Waals surface area contributed by atoms with Gasteiger partial charge in [0.25, 0.3) is 0 Å². The van der Waals surface area contributed by atoms with Crippen LogP contribution in [0.25, 0.3) is 23.1 Å². The van der Waals surface area contributed by atoms with E-state index in [-0.39, 0.29) is 5.57 Å². The second-order valence-electron chi connectivity index (χ2n) is 4.12. The number of aliphatic carboxylic acids is 1. The number of allylic oxidation sites excluding steroid dienone is 2. The number of aromatic nitrogens is 1. The van der Waals surface area contributed by atoms with E-state index >= 15 is 0 Å². The van der Waals surface area contributed by atoms with E-state index < -0.39 is 5.97 Å². The number of hydrogen-bond donors (Lipinski definition) is 2. The van der Waals surface area contributed by atoms with Gasteiger partial charge in [-0.1, -0.05) is 30.4 Å². The van der Waals surface area contributed by atoms with Crippen molar-refractivity contribution < 1.29 is 9.90 Å². The third-order valence-corrected chi connectivity index (χ3v) is 2.99. The van der Waals surface area contributed by atoms with Crippen molar-refractivity contribution in [1.82, 2.24) is 4.98 Å². The summed E-state index contributed by atoms with van der Waals surface area (Å²) in [5, 5.41) is 12.1. The van der Waals surface area contributed by atoms with Gasteiger partial charge >= 0.3 is 5.97 Å². The minimum atomic E-state index is -0.917. The van der Waals surface area contributed by atoms with Gasteiger partial charge in [-0.05, 0) is 24.3 Å². The first-order chi connectivity index (χ1) is 8.75. The number of rotatable bonds is 1. The third kappa shape index (κ3) is 1.66. The molecule has 3 heteroatoms. The molecule has 0 fully saturated rings. The zero-order valence-electron chi connectivity index (χ0n) is 9.55. The smallest absolute Gasteiger partial charge is 0.335 e. The number of carbonyl (C=O) groups is 1. The molecule has 0 atom stereocenters. The van der Waals surface area contributed by atoms with Crippen molar-refractivity contribution in [3.63, 3.8) is 0 Å². The van der Waals surface area contributed by atoms with Crippen LogP contribution in [0.2, 0.25) is 0 Å². The van der Waals surface area contributed by atoms with Crippen LogP contribution in [0.15, 0.2) is 48.1 Å². The monoisotopic (exact) mass is 237 g/mol. The molecule has 1 aliphatic rings. The number of benzene rings is 1. The molecular formula is C15H11NO2. The predicted molar refractivity (Wildman–Crippen MR) is 71.3 cm³/mol. The molecule has 1 aromatic carbocycles. The van der Waals surface area contributed by atoms with Crippen molar-refractivity contribution in [3.8, 4) is 0 Å². The fourth-order valence-corrected chi connectivity index (χ4v) is 2.11. The molecule has 18 heavy (non-hydrogen) atoms. The number of carboxylic acid groups (broad SMARTS) is 1. The lowest BCUT2D eigenvalue weighted by Gasteiger charge is -1.93. The lowest BCUT2D eigenvalue weighted by atomic mass is 10.1. The molecule has 0 saturated heterocycles. The van der Waals surface area contributed by atoms with Crippen LogP contribution in [-0.4, -0.2) is 16.1 Å². The highest BCUT2D eigenvalue weighted by atomic mass is 16.4. The van der Waals surface area contributed by atoms with E-state index in [0.29, 0.717) is 0 Å². The number of fused-ring (bicyclic) bond motifs is 3. The average Bonchev–Trinajstić information content (AvgIpc) is 2.66. The van der Waals surface area contributed by atoms with Gasteiger partial charge in [-0.25, -0.2) is 4.79 Å². The quantitative estimate of drug-likeness (QED) is 0.785. The van der Waals surface area contributed by atoms with Crippen LogP contribution in [-0.2, 0) is 4.79 Å². The molecule has 0 bridgehead atoms. The summed E-state index contributed by atoms with van der Waals surface area (Å²) in [6.07, 6.45) is 8.71. The van der Waals surface area contributed by atoms with E-state index in [2.05, 4.69) is 4.98 Å². The van der Waals surface area contributed by atoms with Crippen LogP contribution in [0.4, 0.5) is 0 Å². The molecule has 3 rings (SSSR count). The van der Waals surface area contributed by atoms with Crippen molar-refractivity contribution in [2.24, 2.45) is 0 Å². The van der Waals surface area contributed by atoms with Crippen LogP contribution in [0.5, 0.6) is 0 Å². The normalized spacial score (nSPS) is 13.9. The summed E-state index contributed by atoms with van der Waals surface area (Å²) in [7, 11) is 0. The Hall–Kier alpha value is -2.55. The average molecular weight is 237 g/mol. The van der Waals surface area contributed by atoms with Gasteiger partial charge in [0.15, 0.2) is 0 Å². The zero-order chi connectivity index (χ0) is 12.5. The Morgan fingerprint density at radius 1 is 1.11 bits per heavy atom. The first-order valence-electron chi connectivity index (χ1n) is 5.66. The number of hydrogen-bond acceptors (Lipinski definition) is 1. The van der Waals surface area contributed by atoms with Crippen LogP contribution in [0, 0.1) is 0 Å². The van der Waals surface area contributed by atoms with Gasteiger partial charge < -0.3 is 10.1 Å². The maximum absolute atomic E-state index is 11.0. The summed E-state index contributed by atoms with van der Waals surface area (Å²) >= 11 is 0. The molecule has 1 aromatic heterocycles. The van der Waals surface area contributed by atoms with Crippen LogP contribution in [0.3, 0.4) is 0 Å². The van der Waals surface area contributed by atoms with E-state index in [9.17, 15) is 4.79 Å². The lowest BCUT2D eigenvalue weighted by molar-refractivity contribution is -0.132. The first-order valence-corrected chi connectivity index (χ1v) is 5.66. The lowest BCUT2D eigenvalue weighted by Crippen LogP contribution is -2.22. The van der Waals surface area contributed by atoms with E-state index in [1.165, 1.54) is 0 Å². The number of H-pyrrole nitrogens is 1. The van der Waals surface area contributed by atoms with Crippen LogP contribution in [0.1, 0.15) is 0 Å². The third-order valence-electron chi connectivity index (χ3n) is 2.99. The summed E-state index contributed by atoms with van der Waals surface area (Å²) < 4.78 is 0. The molecule has 0 unspecified atom stereocenters. The van der Waals surface area contributed by atoms with E-state index in [4.69, 9.17) is 5.11 Å². The molecular weight excluding hydrogens is 226 g/mol. The Bertz CT molecular complexity index is 807. The summed E-state index contributed by atoms with van der Waals surface area (Å²) in [6, 6.07) is 7.98. The summed E-state index contributed by atoms with van der Waals surface area (Å²) in [5.74, 6) is -0.917. The van der Waals surface area contributed by atoms with Gasteiger partial charge in [0.1, 0.15) is 0 Å². The fourth-order valence-electron chi connectivity index (χ4n) is 2.11. The van der Waals surface area contributed by atoms with Gasteiger partial charge in [0, 0.05) is 21.5 Å². The van der Waals surface area contributed by atoms with Gasteiger partial charge in [-0.3, -0.25) is 0 Å². The molecule has 0 saturated carbocycles. The van der Waals surface area contributed by atoms with Gasteiger partial charge in [-0.2, -0.15) is 0 Å². The Morgan fingerprint density at radius 2 is 1.94 bits per heavy atom. The maximum Gasteiger partial charge on any atom is 0.335 e. The Labute approximate surface area is 103 Å². The minimum absolute atomic E-state index is 0.280. The van der Waals surface area contributed by atoms with Gasteiger partial charge in [0.2, 0.25) is 0 Å². The second kappa shape index (κ2) is 4.04. The second-order valence-corrected chi connectivity index (χ2v) is 4.12. The van der Waals surface area contributed by atoms with E-state index in [1.807, 2.05) is 36.4 Å². The van der Waals surface area contributed by atoms with Crippen molar-refractivity contribution in [1.29, 1.82) is 0 Å². The number of aromatic amines is 1. The minimum Gasteiger partial charge on any atom is -0.478 e. The van der Waals surface area contributed by atoms with Crippen molar-refractivity contribution in [2.45, 2.75) is 0 Å². The molecule has 0 amide bonds. The molecule has 0 spiro atoms. The Kier molecular flexibility index (Phi) is 2.38. The highest BCUT2D eigenvalue weighted by Crippen LogP contribution is 2.05. The van der Waals surface area contributed by atoms with Crippen molar-refractivity contribution >= 4 is 29.0 Å². The number of nitrogens with one attached hydrogen (secondary N) is 1. The Balaban J connectivity index is 2.38. The fraction of sp³-hybridized carbons (Fsp3) is 0. The summed E-state index contributed by atoms with van der Waals surface area (Å²) in [5.41, 5.74) is 1.33. The number of para-hydroxylation sites is 1. The van der Waals surface area contributed by atoms with Crippen molar-refractivity contribution in [3.05, 3.63) is 58.6 Å². The highest BCUT2D eigenvalue weighted by Gasteiger charge is 2.03. The molecule has 2 aromatic rings. The van der Waals surface area contributed by atoms with Crippen LogP contribution < -0.4 is 10.6 Å². The topological polar surface area (TPSA) is 53.1 Å². The molecule has 0 radical (unpaired) electrons. The van der Waals surface area contributed by atoms with Crippen molar-refractivity contribution in [2.75, 3.05) is 0 Å². The molecule has 1 aliphatic carbocycles. The first kappa shape index (κ1) is 10.6. The highest BCUT2D eigenvalue weighted by molar-refractivity contribution is 5.92. The van der Waals surface area contributed by atoms with Gasteiger partial charge in [-0.15, -0.1) is 0 Å². The molecule has 1 heterocycles. The molecule has 2 N–H and O–H groups in total. The molecule has 0 aliphatic heterocycles. The Morgan fingerprint density at radius 3 is 2.78 bits per heavy atom. The molecule has 88 valence electrons. The number of carboxylic acids is 1. The standard InChI is InChI=1S/C15H11NO2/c17-15(18)10-4-3-7-14-12(9-8-10)11-5-1-2-6-13(11)16-14/h1-9,16H,(H,17,18). The summed E-state index contributed by atoms with van der Waals surface area (Å²) in [6.45, 7) is 0. The van der Waals surface area contributed by atoms with E-state index in [0.717, 1.165) is 21.5 Å². The zero-order valence-corrected chi connectivity index (χ0v) is 9.55. The summed E-state index contributed by atoms with van der Waals surface area (Å²) in [4.78, 5) is 14.3. The van der Waals surface area contributed by atoms with Crippen LogP contribution >= 0.6 is 0 Å². The predicted octanol–water partition coefficient (Wildman–Crippen LogP) is 1.31. The SMILES string of the molecule is O=C(O)C1=CC=c2c([nH]c3ccccc23)=CC=C1.